The summed E-state index contributed by atoms with van der Waals surface area (Å²) in [6.45, 7) is 0. The molecule has 7 heteroatoms. The van der Waals surface area contributed by atoms with Crippen molar-refractivity contribution < 1.29 is 18.0 Å². The number of nitrogens with zero attached hydrogens (tertiary/aromatic N) is 2. The van der Waals surface area contributed by atoms with Gasteiger partial charge in [-0.1, -0.05) is 30.0 Å². The molecule has 0 fully saturated rings. The van der Waals surface area contributed by atoms with Crippen LogP contribution >= 0.6 is 11.8 Å². The zero-order chi connectivity index (χ0) is 15.5. The summed E-state index contributed by atoms with van der Waals surface area (Å²) in [5.41, 5.74) is -0.258. The molecule has 2 aromatic rings. The number of halogens is 3. The standard InChI is InChI=1S/C14H11F3N2OS/c1-21-13-18-6-5-11(19-13)12(20)8-9-3-2-4-10(7-9)14(15,16)17/h2-7H,8H2,1H3. The normalized spacial score (nSPS) is 11.4. The second kappa shape index (κ2) is 6.26. The van der Waals surface area contributed by atoms with Crippen LogP contribution in [0.2, 0.25) is 0 Å². The van der Waals surface area contributed by atoms with E-state index in [1.54, 1.807) is 6.26 Å². The molecule has 0 aliphatic rings. The van der Waals surface area contributed by atoms with Gasteiger partial charge in [0.15, 0.2) is 10.9 Å². The Morgan fingerprint density at radius 3 is 2.71 bits per heavy atom. The Labute approximate surface area is 123 Å². The maximum Gasteiger partial charge on any atom is 0.416 e. The van der Waals surface area contributed by atoms with Crippen LogP contribution < -0.4 is 0 Å². The summed E-state index contributed by atoms with van der Waals surface area (Å²) in [5.74, 6) is -0.341. The summed E-state index contributed by atoms with van der Waals surface area (Å²) in [4.78, 5) is 20.0. The van der Waals surface area contributed by atoms with Crippen LogP contribution in [0.5, 0.6) is 0 Å². The van der Waals surface area contributed by atoms with Crippen molar-refractivity contribution in [1.29, 1.82) is 0 Å². The van der Waals surface area contributed by atoms with Gasteiger partial charge in [-0.25, -0.2) is 9.97 Å². The molecule has 1 aromatic heterocycles. The van der Waals surface area contributed by atoms with Gasteiger partial charge in [-0.05, 0) is 24.0 Å². The summed E-state index contributed by atoms with van der Waals surface area (Å²) < 4.78 is 37.9. The Bertz CT molecular complexity index is 659. The van der Waals surface area contributed by atoms with E-state index in [1.807, 2.05) is 0 Å². The van der Waals surface area contributed by atoms with E-state index in [9.17, 15) is 18.0 Å². The molecule has 0 aliphatic heterocycles. The Morgan fingerprint density at radius 2 is 2.05 bits per heavy atom. The number of aromatic nitrogens is 2. The van der Waals surface area contributed by atoms with Gasteiger partial charge in [-0.3, -0.25) is 4.79 Å². The number of Topliss-reactive ketones (excluding diaryl/α,β-unsaturated/α-hetero) is 1. The van der Waals surface area contributed by atoms with Crippen LogP contribution in [-0.2, 0) is 12.6 Å². The van der Waals surface area contributed by atoms with Gasteiger partial charge in [-0.2, -0.15) is 13.2 Å². The fourth-order valence-electron chi connectivity index (χ4n) is 1.73. The number of rotatable bonds is 4. The third-order valence-corrected chi connectivity index (χ3v) is 3.28. The van der Waals surface area contributed by atoms with Crippen LogP contribution in [-0.4, -0.2) is 22.0 Å². The van der Waals surface area contributed by atoms with E-state index >= 15 is 0 Å². The van der Waals surface area contributed by atoms with Gasteiger partial charge < -0.3 is 0 Å². The average Bonchev–Trinajstić information content (AvgIpc) is 2.46. The lowest BCUT2D eigenvalue weighted by molar-refractivity contribution is -0.137. The SMILES string of the molecule is CSc1nccc(C(=O)Cc2cccc(C(F)(F)F)c2)n1. The molecule has 0 saturated carbocycles. The van der Waals surface area contributed by atoms with E-state index in [-0.39, 0.29) is 17.9 Å². The number of carbonyl (C=O) groups is 1. The molecular formula is C14H11F3N2OS. The van der Waals surface area contributed by atoms with Crippen molar-refractivity contribution in [3.63, 3.8) is 0 Å². The lowest BCUT2D eigenvalue weighted by atomic mass is 10.0. The molecule has 0 unspecified atom stereocenters. The molecule has 0 aliphatic carbocycles. The lowest BCUT2D eigenvalue weighted by Gasteiger charge is -2.08. The van der Waals surface area contributed by atoms with Crippen molar-refractivity contribution in [3.8, 4) is 0 Å². The molecule has 110 valence electrons. The molecule has 2 rings (SSSR count). The first-order valence-electron chi connectivity index (χ1n) is 5.96. The summed E-state index contributed by atoms with van der Waals surface area (Å²) in [6, 6.07) is 6.19. The quantitative estimate of drug-likeness (QED) is 0.491. The van der Waals surface area contributed by atoms with Gasteiger partial charge in [0.1, 0.15) is 5.69 Å². The summed E-state index contributed by atoms with van der Waals surface area (Å²) in [5, 5.41) is 0.449. The summed E-state index contributed by atoms with van der Waals surface area (Å²) >= 11 is 1.29. The minimum atomic E-state index is -4.42. The van der Waals surface area contributed by atoms with Gasteiger partial charge >= 0.3 is 6.18 Å². The maximum absolute atomic E-state index is 12.6. The van der Waals surface area contributed by atoms with E-state index < -0.39 is 11.7 Å². The molecule has 0 saturated heterocycles. The van der Waals surface area contributed by atoms with E-state index in [0.717, 1.165) is 12.1 Å². The van der Waals surface area contributed by atoms with Gasteiger partial charge in [0.05, 0.1) is 5.56 Å². The number of alkyl halides is 3. The van der Waals surface area contributed by atoms with Crippen LogP contribution in [0.25, 0.3) is 0 Å². The molecule has 0 bridgehead atoms. The minimum Gasteiger partial charge on any atom is -0.292 e. The molecule has 0 N–H and O–H groups in total. The maximum atomic E-state index is 12.6. The highest BCUT2D eigenvalue weighted by Crippen LogP contribution is 2.29. The van der Waals surface area contributed by atoms with Crippen molar-refractivity contribution in [3.05, 3.63) is 53.3 Å². The van der Waals surface area contributed by atoms with Crippen molar-refractivity contribution >= 4 is 17.5 Å². The monoisotopic (exact) mass is 312 g/mol. The van der Waals surface area contributed by atoms with E-state index in [0.29, 0.717) is 10.7 Å². The van der Waals surface area contributed by atoms with Crippen LogP contribution in [0.4, 0.5) is 13.2 Å². The molecule has 0 radical (unpaired) electrons. The highest BCUT2D eigenvalue weighted by Gasteiger charge is 2.30. The smallest absolute Gasteiger partial charge is 0.292 e. The predicted molar refractivity (Wildman–Crippen MR) is 73.3 cm³/mol. The first-order chi connectivity index (χ1) is 9.90. The number of benzene rings is 1. The molecule has 1 heterocycles. The van der Waals surface area contributed by atoms with Gasteiger partial charge in [-0.15, -0.1) is 0 Å². The molecule has 3 nitrogen and oxygen atoms in total. The first-order valence-corrected chi connectivity index (χ1v) is 7.19. The Kier molecular flexibility index (Phi) is 4.62. The third-order valence-electron chi connectivity index (χ3n) is 2.72. The van der Waals surface area contributed by atoms with Gasteiger partial charge in [0, 0.05) is 12.6 Å². The molecule has 1 aromatic carbocycles. The molecule has 0 atom stereocenters. The van der Waals surface area contributed by atoms with Crippen LogP contribution in [0.15, 0.2) is 41.7 Å². The molecule has 0 amide bonds. The summed E-state index contributed by atoms with van der Waals surface area (Å²) in [7, 11) is 0. The van der Waals surface area contributed by atoms with Crippen LogP contribution in [0.3, 0.4) is 0 Å². The molecule has 0 spiro atoms. The third kappa shape index (κ3) is 4.04. The topological polar surface area (TPSA) is 42.9 Å². The minimum absolute atomic E-state index is 0.130. The molecule has 21 heavy (non-hydrogen) atoms. The van der Waals surface area contributed by atoms with Gasteiger partial charge in [0.2, 0.25) is 0 Å². The Balaban J connectivity index is 2.19. The zero-order valence-corrected chi connectivity index (χ0v) is 11.8. The van der Waals surface area contributed by atoms with E-state index in [1.165, 1.54) is 36.2 Å². The number of hydrogen-bond acceptors (Lipinski definition) is 4. The molecular weight excluding hydrogens is 301 g/mol. The fraction of sp³-hybridized carbons (Fsp3) is 0.214. The van der Waals surface area contributed by atoms with Crippen molar-refractivity contribution in [2.45, 2.75) is 17.8 Å². The fourth-order valence-corrected chi connectivity index (χ4v) is 2.08. The van der Waals surface area contributed by atoms with Crippen molar-refractivity contribution in [1.82, 2.24) is 9.97 Å². The highest BCUT2D eigenvalue weighted by atomic mass is 32.2. The van der Waals surface area contributed by atoms with Crippen molar-refractivity contribution in [2.75, 3.05) is 6.26 Å². The van der Waals surface area contributed by atoms with Crippen LogP contribution in [0.1, 0.15) is 21.6 Å². The number of ketones is 1. The second-order valence-electron chi connectivity index (χ2n) is 4.23. The van der Waals surface area contributed by atoms with E-state index in [4.69, 9.17) is 0 Å². The highest BCUT2D eigenvalue weighted by molar-refractivity contribution is 7.98. The van der Waals surface area contributed by atoms with E-state index in [2.05, 4.69) is 9.97 Å². The zero-order valence-electron chi connectivity index (χ0n) is 11.0. The number of carbonyl (C=O) groups excluding carboxylic acids is 1. The first kappa shape index (κ1) is 15.5. The van der Waals surface area contributed by atoms with Crippen molar-refractivity contribution in [2.24, 2.45) is 0 Å². The Hall–Kier alpha value is -1.89. The predicted octanol–water partition coefficient (Wildman–Crippen LogP) is 3.64. The number of hydrogen-bond donors (Lipinski definition) is 0. The summed E-state index contributed by atoms with van der Waals surface area (Å²) in [6.07, 6.45) is -1.32. The van der Waals surface area contributed by atoms with Crippen LogP contribution in [0, 0.1) is 0 Å². The largest absolute Gasteiger partial charge is 0.416 e. The average molecular weight is 312 g/mol. The number of thioether (sulfide) groups is 1. The van der Waals surface area contributed by atoms with Gasteiger partial charge in [0.25, 0.3) is 0 Å². The lowest BCUT2D eigenvalue weighted by Crippen LogP contribution is -2.09. The second-order valence-corrected chi connectivity index (χ2v) is 5.00. The Morgan fingerprint density at radius 1 is 1.29 bits per heavy atom.